The molecule has 0 aromatic carbocycles. The van der Waals surface area contributed by atoms with Crippen LogP contribution in [0.4, 0.5) is 0 Å². The van der Waals surface area contributed by atoms with Crippen LogP contribution in [0, 0.1) is 0 Å². The van der Waals surface area contributed by atoms with Gasteiger partial charge in [-0.2, -0.15) is 0 Å². The number of ether oxygens (including phenoxy) is 1. The van der Waals surface area contributed by atoms with E-state index in [-0.39, 0.29) is 18.0 Å². The molecule has 4 nitrogen and oxygen atoms in total. The van der Waals surface area contributed by atoms with Crippen molar-refractivity contribution in [3.05, 3.63) is 12.2 Å². The van der Waals surface area contributed by atoms with Crippen LogP contribution < -0.4 is 0 Å². The Kier molecular flexibility index (Phi) is 1.98. The third-order valence-corrected chi connectivity index (χ3v) is 2.66. The highest BCUT2D eigenvalue weighted by Crippen LogP contribution is 2.38. The minimum Gasteiger partial charge on any atom is -0.371 e. The Morgan fingerprint density at radius 1 is 1.77 bits per heavy atom. The summed E-state index contributed by atoms with van der Waals surface area (Å²) < 4.78 is 5.47. The van der Waals surface area contributed by atoms with E-state index in [9.17, 15) is 4.79 Å². The number of hydrogen-bond donors (Lipinski definition) is 1. The monoisotopic (exact) mass is 184 g/mol. The van der Waals surface area contributed by atoms with Crippen molar-refractivity contribution in [2.75, 3.05) is 0 Å². The van der Waals surface area contributed by atoms with Gasteiger partial charge in [0.15, 0.2) is 11.4 Å². The van der Waals surface area contributed by atoms with E-state index in [1.807, 2.05) is 6.92 Å². The largest absolute Gasteiger partial charge is 0.371 e. The molecule has 1 N–H and O–H groups in total. The zero-order valence-corrected chi connectivity index (χ0v) is 7.40. The van der Waals surface area contributed by atoms with Gasteiger partial charge >= 0.3 is 0 Å². The molecule has 3 atom stereocenters. The highest BCUT2D eigenvalue weighted by atomic mass is 17.1. The van der Waals surface area contributed by atoms with Crippen molar-refractivity contribution in [1.82, 2.24) is 0 Å². The average Bonchev–Trinajstić information content (AvgIpc) is 2.41. The minimum atomic E-state index is -0.784. The average molecular weight is 184 g/mol. The van der Waals surface area contributed by atoms with Crippen molar-refractivity contribution < 1.29 is 19.7 Å². The lowest BCUT2D eigenvalue weighted by Gasteiger charge is -2.29. The summed E-state index contributed by atoms with van der Waals surface area (Å²) in [6.45, 7) is 1.90. The summed E-state index contributed by atoms with van der Waals surface area (Å²) >= 11 is 0. The predicted octanol–water partition coefficient (Wildman–Crippen LogP) is 0.921. The van der Waals surface area contributed by atoms with Gasteiger partial charge in [0.2, 0.25) is 0 Å². The van der Waals surface area contributed by atoms with Gasteiger partial charge < -0.3 is 4.74 Å². The second-order valence-electron chi connectivity index (χ2n) is 3.69. The molecule has 0 radical (unpaired) electrons. The quantitative estimate of drug-likeness (QED) is 0.486. The fraction of sp³-hybridized carbons (Fsp3) is 0.667. The first-order valence-corrected chi connectivity index (χ1v) is 4.36. The molecule has 1 fully saturated rings. The molecular formula is C9H12O4. The zero-order chi connectivity index (χ0) is 9.47. The van der Waals surface area contributed by atoms with E-state index in [1.165, 1.54) is 6.08 Å². The standard InChI is InChI=1S/C9H12O4/c1-6-5-9(13-11)3-2-7(10)4-8(9)12-6/h2-3,6,8,11H,4-5H2,1H3/t6-,8-,9+/m0/s1. The maximum atomic E-state index is 11.1. The molecule has 1 saturated heterocycles. The van der Waals surface area contributed by atoms with Gasteiger partial charge in [0.25, 0.3) is 0 Å². The molecule has 0 unspecified atom stereocenters. The maximum absolute atomic E-state index is 11.1. The molecule has 0 bridgehead atoms. The molecule has 0 aromatic rings. The maximum Gasteiger partial charge on any atom is 0.158 e. The number of carbonyl (C=O) groups is 1. The first-order valence-electron chi connectivity index (χ1n) is 4.36. The normalized spacial score (nSPS) is 43.7. The van der Waals surface area contributed by atoms with Crippen LogP contribution in [-0.4, -0.2) is 28.8 Å². The van der Waals surface area contributed by atoms with E-state index in [0.717, 1.165) is 0 Å². The van der Waals surface area contributed by atoms with Crippen LogP contribution in [0.3, 0.4) is 0 Å². The van der Waals surface area contributed by atoms with Gasteiger partial charge in [-0.25, -0.2) is 4.89 Å². The van der Waals surface area contributed by atoms with Gasteiger partial charge in [0.1, 0.15) is 6.10 Å². The second-order valence-corrected chi connectivity index (χ2v) is 3.69. The molecule has 0 spiro atoms. The number of fused-ring (bicyclic) bond motifs is 1. The smallest absolute Gasteiger partial charge is 0.158 e. The van der Waals surface area contributed by atoms with Crippen LogP contribution >= 0.6 is 0 Å². The predicted molar refractivity (Wildman–Crippen MR) is 44.2 cm³/mol. The fourth-order valence-electron chi connectivity index (χ4n) is 2.03. The topological polar surface area (TPSA) is 55.8 Å². The van der Waals surface area contributed by atoms with E-state index in [2.05, 4.69) is 4.89 Å². The molecule has 2 aliphatic rings. The van der Waals surface area contributed by atoms with Crippen molar-refractivity contribution in [3.8, 4) is 0 Å². The summed E-state index contributed by atoms with van der Waals surface area (Å²) in [4.78, 5) is 15.5. The molecule has 13 heavy (non-hydrogen) atoms. The molecular weight excluding hydrogens is 172 g/mol. The highest BCUT2D eigenvalue weighted by molar-refractivity contribution is 5.91. The molecule has 1 aliphatic carbocycles. The SMILES string of the molecule is C[C@H]1C[C@]2(OO)C=CC(=O)C[C@@H]2O1. The van der Waals surface area contributed by atoms with Gasteiger partial charge in [0, 0.05) is 12.8 Å². The summed E-state index contributed by atoms with van der Waals surface area (Å²) in [5.74, 6) is 0.0202. The number of carbonyl (C=O) groups excluding carboxylic acids is 1. The Balaban J connectivity index is 2.28. The molecule has 1 aliphatic heterocycles. The minimum absolute atomic E-state index is 0.0202. The summed E-state index contributed by atoms with van der Waals surface area (Å²) in [7, 11) is 0. The molecule has 0 saturated carbocycles. The summed E-state index contributed by atoms with van der Waals surface area (Å²) in [6.07, 6.45) is 3.64. The Labute approximate surface area is 76.1 Å². The lowest BCUT2D eigenvalue weighted by atomic mass is 9.86. The van der Waals surface area contributed by atoms with Gasteiger partial charge in [-0.15, -0.1) is 0 Å². The number of hydrogen-bond acceptors (Lipinski definition) is 4. The first-order chi connectivity index (χ1) is 6.16. The van der Waals surface area contributed by atoms with Crippen LogP contribution in [0.15, 0.2) is 12.2 Å². The van der Waals surface area contributed by atoms with Gasteiger partial charge in [-0.05, 0) is 19.1 Å². The van der Waals surface area contributed by atoms with Crippen LogP contribution in [0.2, 0.25) is 0 Å². The Morgan fingerprint density at radius 2 is 2.54 bits per heavy atom. The number of rotatable bonds is 1. The van der Waals surface area contributed by atoms with Crippen molar-refractivity contribution in [2.45, 2.75) is 37.6 Å². The third-order valence-electron chi connectivity index (χ3n) is 2.66. The van der Waals surface area contributed by atoms with E-state index in [0.29, 0.717) is 12.8 Å². The number of ketones is 1. The van der Waals surface area contributed by atoms with Crippen LogP contribution in [0.5, 0.6) is 0 Å². The first kappa shape index (κ1) is 8.87. The van der Waals surface area contributed by atoms with Gasteiger partial charge in [0.05, 0.1) is 6.10 Å². The molecule has 0 aromatic heterocycles. The summed E-state index contributed by atoms with van der Waals surface area (Å²) in [5.41, 5.74) is -0.784. The van der Waals surface area contributed by atoms with E-state index in [1.54, 1.807) is 6.08 Å². The second kappa shape index (κ2) is 2.90. The molecule has 1 heterocycles. The summed E-state index contributed by atoms with van der Waals surface area (Å²) in [6, 6.07) is 0. The molecule has 0 amide bonds. The van der Waals surface area contributed by atoms with Gasteiger partial charge in [-0.3, -0.25) is 10.1 Å². The third kappa shape index (κ3) is 1.31. The summed E-state index contributed by atoms with van der Waals surface area (Å²) in [5, 5.41) is 8.81. The molecule has 72 valence electrons. The zero-order valence-electron chi connectivity index (χ0n) is 7.40. The van der Waals surface area contributed by atoms with Crippen molar-refractivity contribution in [3.63, 3.8) is 0 Å². The van der Waals surface area contributed by atoms with E-state index < -0.39 is 5.60 Å². The Bertz CT molecular complexity index is 260. The van der Waals surface area contributed by atoms with Gasteiger partial charge in [-0.1, -0.05) is 0 Å². The van der Waals surface area contributed by atoms with Crippen LogP contribution in [0.25, 0.3) is 0 Å². The molecule has 2 rings (SSSR count). The lowest BCUT2D eigenvalue weighted by Crippen LogP contribution is -2.42. The van der Waals surface area contributed by atoms with Crippen LogP contribution in [-0.2, 0) is 14.4 Å². The Hall–Kier alpha value is -0.710. The van der Waals surface area contributed by atoms with Crippen LogP contribution in [0.1, 0.15) is 19.8 Å². The van der Waals surface area contributed by atoms with E-state index in [4.69, 9.17) is 9.99 Å². The lowest BCUT2D eigenvalue weighted by molar-refractivity contribution is -0.317. The molecule has 4 heteroatoms. The highest BCUT2D eigenvalue weighted by Gasteiger charge is 2.49. The van der Waals surface area contributed by atoms with Crippen molar-refractivity contribution in [1.29, 1.82) is 0 Å². The van der Waals surface area contributed by atoms with Crippen molar-refractivity contribution >= 4 is 5.78 Å². The van der Waals surface area contributed by atoms with E-state index >= 15 is 0 Å². The Morgan fingerprint density at radius 3 is 3.23 bits per heavy atom. The fourth-order valence-corrected chi connectivity index (χ4v) is 2.03. The number of allylic oxidation sites excluding steroid dienone is 1. The van der Waals surface area contributed by atoms with Crippen molar-refractivity contribution in [2.24, 2.45) is 0 Å².